The lowest BCUT2D eigenvalue weighted by atomic mass is 9.84. The summed E-state index contributed by atoms with van der Waals surface area (Å²) in [5, 5.41) is 4.22. The first-order valence-corrected chi connectivity index (χ1v) is 7.90. The molecule has 1 spiro atoms. The van der Waals surface area contributed by atoms with Crippen molar-refractivity contribution in [3.8, 4) is 0 Å². The fourth-order valence-corrected chi connectivity index (χ4v) is 3.77. The zero-order valence-electron chi connectivity index (χ0n) is 11.8. The van der Waals surface area contributed by atoms with Crippen LogP contribution in [0.4, 0.5) is 0 Å². The van der Waals surface area contributed by atoms with E-state index in [1.165, 1.54) is 16.7 Å². The van der Waals surface area contributed by atoms with Crippen molar-refractivity contribution in [3.63, 3.8) is 0 Å². The number of hydrogen-bond donors (Lipinski definition) is 1. The van der Waals surface area contributed by atoms with E-state index >= 15 is 0 Å². The van der Waals surface area contributed by atoms with Crippen LogP contribution in [0.2, 0.25) is 5.02 Å². The first-order valence-electron chi connectivity index (χ1n) is 7.52. The van der Waals surface area contributed by atoms with E-state index in [2.05, 4.69) is 41.7 Å². The molecule has 108 valence electrons. The molecule has 1 atom stereocenters. The van der Waals surface area contributed by atoms with Crippen LogP contribution in [0.3, 0.4) is 0 Å². The molecular formula is C18H18ClNO. The molecule has 2 aliphatic rings. The Labute approximate surface area is 130 Å². The third-order valence-corrected chi connectivity index (χ3v) is 4.88. The molecule has 0 amide bonds. The lowest BCUT2D eigenvalue weighted by molar-refractivity contribution is -0.0798. The van der Waals surface area contributed by atoms with Gasteiger partial charge in [-0.3, -0.25) is 0 Å². The predicted octanol–water partition coefficient (Wildman–Crippen LogP) is 4.04. The Morgan fingerprint density at radius 1 is 1.05 bits per heavy atom. The van der Waals surface area contributed by atoms with Crippen LogP contribution in [0, 0.1) is 0 Å². The number of nitrogens with one attached hydrogen (secondary N) is 1. The Morgan fingerprint density at radius 3 is 2.57 bits per heavy atom. The van der Waals surface area contributed by atoms with Crippen molar-refractivity contribution in [1.82, 2.24) is 5.32 Å². The summed E-state index contributed by atoms with van der Waals surface area (Å²) in [5.74, 6) is 0. The number of fused-ring (bicyclic) bond motifs is 2. The van der Waals surface area contributed by atoms with Gasteiger partial charge in [-0.1, -0.05) is 48.0 Å². The summed E-state index contributed by atoms with van der Waals surface area (Å²) in [6.07, 6.45) is 2.03. The number of halogens is 1. The molecule has 2 aromatic rings. The second-order valence-corrected chi connectivity index (χ2v) is 6.32. The zero-order chi connectivity index (χ0) is 14.3. The van der Waals surface area contributed by atoms with Gasteiger partial charge in [-0.25, -0.2) is 0 Å². The number of hydrogen-bond acceptors (Lipinski definition) is 2. The van der Waals surface area contributed by atoms with Crippen LogP contribution in [0.25, 0.3) is 0 Å². The molecule has 1 N–H and O–H groups in total. The lowest BCUT2D eigenvalue weighted by Gasteiger charge is -2.35. The average molecular weight is 300 g/mol. The summed E-state index contributed by atoms with van der Waals surface area (Å²) in [5.41, 5.74) is 3.60. The van der Waals surface area contributed by atoms with E-state index in [1.807, 2.05) is 12.1 Å². The van der Waals surface area contributed by atoms with Crippen LogP contribution in [0.5, 0.6) is 0 Å². The molecule has 4 rings (SSSR count). The number of ether oxygens (including phenoxy) is 1. The molecule has 0 radical (unpaired) electrons. The van der Waals surface area contributed by atoms with Gasteiger partial charge in [-0.05, 0) is 54.8 Å². The molecule has 0 aliphatic carbocycles. The number of benzene rings is 2. The number of piperidine rings is 1. The van der Waals surface area contributed by atoms with Crippen LogP contribution < -0.4 is 5.32 Å². The summed E-state index contributed by atoms with van der Waals surface area (Å²) in [6.45, 7) is 1.99. The van der Waals surface area contributed by atoms with Crippen molar-refractivity contribution in [3.05, 3.63) is 70.2 Å². The van der Waals surface area contributed by atoms with Crippen molar-refractivity contribution in [2.24, 2.45) is 0 Å². The summed E-state index contributed by atoms with van der Waals surface area (Å²) in [7, 11) is 0. The van der Waals surface area contributed by atoms with Gasteiger partial charge < -0.3 is 10.1 Å². The maximum absolute atomic E-state index is 6.60. The summed E-state index contributed by atoms with van der Waals surface area (Å²) >= 11 is 6.25. The fraction of sp³-hybridized carbons (Fsp3) is 0.333. The smallest absolute Gasteiger partial charge is 0.109 e. The molecule has 0 aromatic heterocycles. The molecule has 2 nitrogen and oxygen atoms in total. The molecule has 21 heavy (non-hydrogen) atoms. The lowest BCUT2D eigenvalue weighted by Crippen LogP contribution is -2.39. The Kier molecular flexibility index (Phi) is 3.26. The van der Waals surface area contributed by atoms with Crippen molar-refractivity contribution >= 4 is 11.6 Å². The van der Waals surface area contributed by atoms with Gasteiger partial charge in [0, 0.05) is 5.02 Å². The van der Waals surface area contributed by atoms with Crippen molar-refractivity contribution < 1.29 is 4.74 Å². The van der Waals surface area contributed by atoms with Gasteiger partial charge in [0.05, 0.1) is 5.60 Å². The highest BCUT2D eigenvalue weighted by molar-refractivity contribution is 6.30. The van der Waals surface area contributed by atoms with Crippen molar-refractivity contribution in [1.29, 1.82) is 0 Å². The maximum Gasteiger partial charge on any atom is 0.109 e. The molecule has 0 saturated carbocycles. The first-order chi connectivity index (χ1) is 10.3. The second kappa shape index (κ2) is 5.13. The van der Waals surface area contributed by atoms with Gasteiger partial charge in [0.25, 0.3) is 0 Å². The Balaban J connectivity index is 1.83. The van der Waals surface area contributed by atoms with Gasteiger partial charge in [0.15, 0.2) is 0 Å². The zero-order valence-corrected chi connectivity index (χ0v) is 12.6. The van der Waals surface area contributed by atoms with Crippen LogP contribution in [-0.2, 0) is 10.3 Å². The highest BCUT2D eigenvalue weighted by atomic mass is 35.5. The standard InChI is InChI=1S/C18H18ClNO/c19-14-6-7-15-16(12-14)18(8-10-20-11-9-18)21-17(15)13-4-2-1-3-5-13/h1-7,12,17,20H,8-11H2/t17-/m0/s1. The molecule has 1 saturated heterocycles. The topological polar surface area (TPSA) is 21.3 Å². The van der Waals surface area contributed by atoms with Gasteiger partial charge >= 0.3 is 0 Å². The monoisotopic (exact) mass is 299 g/mol. The quantitative estimate of drug-likeness (QED) is 0.858. The summed E-state index contributed by atoms with van der Waals surface area (Å²) < 4.78 is 6.60. The minimum Gasteiger partial charge on any atom is -0.358 e. The fourth-order valence-electron chi connectivity index (χ4n) is 3.60. The van der Waals surface area contributed by atoms with E-state index in [0.29, 0.717) is 0 Å². The van der Waals surface area contributed by atoms with Crippen LogP contribution >= 0.6 is 11.6 Å². The minimum atomic E-state index is -0.175. The summed E-state index contributed by atoms with van der Waals surface area (Å²) in [4.78, 5) is 0. The van der Waals surface area contributed by atoms with E-state index in [-0.39, 0.29) is 11.7 Å². The molecular weight excluding hydrogens is 282 g/mol. The summed E-state index contributed by atoms with van der Waals surface area (Å²) in [6, 6.07) is 16.7. The number of rotatable bonds is 1. The second-order valence-electron chi connectivity index (χ2n) is 5.88. The third-order valence-electron chi connectivity index (χ3n) is 4.65. The van der Waals surface area contributed by atoms with Crippen LogP contribution in [-0.4, -0.2) is 13.1 Å². The Morgan fingerprint density at radius 2 is 1.81 bits per heavy atom. The molecule has 2 aliphatic heterocycles. The molecule has 3 heteroatoms. The van der Waals surface area contributed by atoms with Crippen LogP contribution in [0.15, 0.2) is 48.5 Å². The largest absolute Gasteiger partial charge is 0.358 e. The van der Waals surface area contributed by atoms with Gasteiger partial charge in [0.2, 0.25) is 0 Å². The van der Waals surface area contributed by atoms with E-state index in [1.54, 1.807) is 0 Å². The minimum absolute atomic E-state index is 0.0246. The predicted molar refractivity (Wildman–Crippen MR) is 84.6 cm³/mol. The van der Waals surface area contributed by atoms with Gasteiger partial charge in [-0.2, -0.15) is 0 Å². The Bertz CT molecular complexity index is 650. The van der Waals surface area contributed by atoms with Crippen molar-refractivity contribution in [2.45, 2.75) is 24.5 Å². The van der Waals surface area contributed by atoms with Gasteiger partial charge in [-0.15, -0.1) is 0 Å². The van der Waals surface area contributed by atoms with Crippen molar-refractivity contribution in [2.75, 3.05) is 13.1 Å². The highest BCUT2D eigenvalue weighted by Gasteiger charge is 2.45. The van der Waals surface area contributed by atoms with E-state index in [4.69, 9.17) is 16.3 Å². The third kappa shape index (κ3) is 2.18. The highest BCUT2D eigenvalue weighted by Crippen LogP contribution is 2.51. The molecule has 0 unspecified atom stereocenters. The Hall–Kier alpha value is -1.35. The van der Waals surface area contributed by atoms with E-state index in [9.17, 15) is 0 Å². The first kappa shape index (κ1) is 13.3. The molecule has 0 bridgehead atoms. The SMILES string of the molecule is Clc1ccc2c(c1)C1(CCNCC1)O[C@H]2c1ccccc1. The van der Waals surface area contributed by atoms with E-state index < -0.39 is 0 Å². The molecule has 2 aromatic carbocycles. The maximum atomic E-state index is 6.60. The normalized spacial score (nSPS) is 23.2. The van der Waals surface area contributed by atoms with E-state index in [0.717, 1.165) is 31.0 Å². The molecule has 2 heterocycles. The van der Waals surface area contributed by atoms with Gasteiger partial charge in [0.1, 0.15) is 6.10 Å². The molecule has 1 fully saturated rings. The average Bonchev–Trinajstić information content (AvgIpc) is 2.83. The van der Waals surface area contributed by atoms with Crippen LogP contribution in [0.1, 0.15) is 35.6 Å².